The first-order valence-electron chi connectivity index (χ1n) is 10.7. The highest BCUT2D eigenvalue weighted by Crippen LogP contribution is 2.24. The van der Waals surface area contributed by atoms with Crippen molar-refractivity contribution in [2.24, 2.45) is 4.99 Å². The van der Waals surface area contributed by atoms with Crippen molar-refractivity contribution in [3.8, 4) is 0 Å². The number of aliphatic imine (C=N–C) groups is 1. The molecule has 0 spiro atoms. The van der Waals surface area contributed by atoms with Gasteiger partial charge in [0.25, 0.3) is 0 Å². The smallest absolute Gasteiger partial charge is 0.191 e. The second kappa shape index (κ2) is 11.3. The van der Waals surface area contributed by atoms with Gasteiger partial charge in [-0.3, -0.25) is 9.89 Å². The summed E-state index contributed by atoms with van der Waals surface area (Å²) in [4.78, 5) is 6.86. The third-order valence-electron chi connectivity index (χ3n) is 5.66. The van der Waals surface area contributed by atoms with Gasteiger partial charge >= 0.3 is 0 Å². The van der Waals surface area contributed by atoms with E-state index >= 15 is 0 Å². The van der Waals surface area contributed by atoms with E-state index in [-0.39, 0.29) is 6.04 Å². The van der Waals surface area contributed by atoms with Crippen molar-refractivity contribution in [2.45, 2.75) is 63.5 Å². The molecule has 2 N–H and O–H groups in total. The van der Waals surface area contributed by atoms with Crippen molar-refractivity contribution in [2.75, 3.05) is 39.8 Å². The molecule has 6 heteroatoms. The average Bonchev–Trinajstić information content (AvgIpc) is 3.42. The van der Waals surface area contributed by atoms with E-state index in [4.69, 9.17) is 9.15 Å². The number of hydrogen-bond donors (Lipinski definition) is 2. The van der Waals surface area contributed by atoms with E-state index in [0.717, 1.165) is 50.9 Å². The Bertz CT molecular complexity index is 534. The van der Waals surface area contributed by atoms with E-state index in [1.807, 2.05) is 13.1 Å². The third kappa shape index (κ3) is 6.54. The molecule has 2 heterocycles. The van der Waals surface area contributed by atoms with Crippen LogP contribution >= 0.6 is 0 Å². The van der Waals surface area contributed by atoms with Gasteiger partial charge in [0.05, 0.1) is 18.4 Å². The molecule has 1 atom stereocenters. The van der Waals surface area contributed by atoms with Crippen LogP contribution in [-0.2, 0) is 4.74 Å². The minimum atomic E-state index is 0.260. The van der Waals surface area contributed by atoms with Crippen molar-refractivity contribution < 1.29 is 9.15 Å². The number of ether oxygens (including phenoxy) is 1. The molecule has 1 aromatic rings. The molecule has 1 aliphatic carbocycles. The van der Waals surface area contributed by atoms with Crippen LogP contribution in [-0.4, -0.2) is 56.8 Å². The molecular weight excluding hydrogens is 340 g/mol. The number of rotatable bonds is 9. The number of nitrogens with one attached hydrogen (secondary N) is 2. The second-order valence-electron chi connectivity index (χ2n) is 7.64. The molecule has 2 fully saturated rings. The summed E-state index contributed by atoms with van der Waals surface area (Å²) in [6, 6.07) is 4.30. The minimum absolute atomic E-state index is 0.260. The summed E-state index contributed by atoms with van der Waals surface area (Å²) < 4.78 is 11.7. The molecule has 1 aromatic heterocycles. The van der Waals surface area contributed by atoms with Gasteiger partial charge < -0.3 is 19.8 Å². The van der Waals surface area contributed by atoms with Gasteiger partial charge in [-0.1, -0.05) is 19.3 Å². The number of nitrogens with zero attached hydrogens (tertiary/aromatic N) is 2. The summed E-state index contributed by atoms with van der Waals surface area (Å²) in [5.41, 5.74) is 0. The van der Waals surface area contributed by atoms with Gasteiger partial charge in [0.2, 0.25) is 0 Å². The molecule has 0 aromatic carbocycles. The van der Waals surface area contributed by atoms with Crippen molar-refractivity contribution in [3.05, 3.63) is 24.2 Å². The van der Waals surface area contributed by atoms with Crippen LogP contribution in [0.25, 0.3) is 0 Å². The SMILES string of the molecule is CN=C(NCCCOC1CCCCC1)NCC(c1ccco1)N1CCCC1. The van der Waals surface area contributed by atoms with Gasteiger partial charge in [-0.25, -0.2) is 0 Å². The predicted octanol–water partition coefficient (Wildman–Crippen LogP) is 3.32. The number of guanidine groups is 1. The molecule has 2 aliphatic rings. The van der Waals surface area contributed by atoms with Gasteiger partial charge in [0.1, 0.15) is 5.76 Å². The number of likely N-dealkylation sites (tertiary alicyclic amines) is 1. The predicted molar refractivity (Wildman–Crippen MR) is 109 cm³/mol. The van der Waals surface area contributed by atoms with Crippen LogP contribution in [0.2, 0.25) is 0 Å². The van der Waals surface area contributed by atoms with E-state index in [1.165, 1.54) is 44.9 Å². The number of furan rings is 1. The summed E-state index contributed by atoms with van der Waals surface area (Å²) in [6.07, 6.45) is 12.3. The molecule has 1 aliphatic heterocycles. The molecule has 3 rings (SSSR count). The van der Waals surface area contributed by atoms with Crippen LogP contribution in [0.5, 0.6) is 0 Å². The summed E-state index contributed by atoms with van der Waals surface area (Å²) in [5.74, 6) is 1.88. The first kappa shape index (κ1) is 20.2. The zero-order chi connectivity index (χ0) is 18.7. The van der Waals surface area contributed by atoms with Crippen LogP contribution in [0.15, 0.2) is 27.8 Å². The molecule has 6 nitrogen and oxygen atoms in total. The fraction of sp³-hybridized carbons (Fsp3) is 0.762. The summed E-state index contributed by atoms with van der Waals surface area (Å²) >= 11 is 0. The molecule has 1 saturated heterocycles. The maximum Gasteiger partial charge on any atom is 0.191 e. The normalized spacial score (nSPS) is 20.7. The van der Waals surface area contributed by atoms with Gasteiger partial charge in [-0.2, -0.15) is 0 Å². The van der Waals surface area contributed by atoms with E-state index in [9.17, 15) is 0 Å². The Morgan fingerprint density at radius 1 is 1.22 bits per heavy atom. The van der Waals surface area contributed by atoms with Crippen LogP contribution < -0.4 is 10.6 Å². The fourth-order valence-corrected chi connectivity index (χ4v) is 4.12. The van der Waals surface area contributed by atoms with Crippen molar-refractivity contribution in [3.63, 3.8) is 0 Å². The average molecular weight is 377 g/mol. The fourth-order valence-electron chi connectivity index (χ4n) is 4.12. The van der Waals surface area contributed by atoms with Gasteiger partial charge in [0.15, 0.2) is 5.96 Å². The zero-order valence-electron chi connectivity index (χ0n) is 16.8. The first-order valence-corrected chi connectivity index (χ1v) is 10.7. The van der Waals surface area contributed by atoms with Crippen LogP contribution in [0, 0.1) is 0 Å². The summed E-state index contributed by atoms with van der Waals surface area (Å²) in [7, 11) is 1.83. The lowest BCUT2D eigenvalue weighted by atomic mass is 9.98. The Balaban J connectivity index is 1.36. The summed E-state index contributed by atoms with van der Waals surface area (Å²) in [5, 5.41) is 6.88. The Morgan fingerprint density at radius 2 is 2.04 bits per heavy atom. The van der Waals surface area contributed by atoms with Crippen LogP contribution in [0.4, 0.5) is 0 Å². The zero-order valence-corrected chi connectivity index (χ0v) is 16.8. The maximum absolute atomic E-state index is 5.99. The van der Waals surface area contributed by atoms with Crippen molar-refractivity contribution in [1.29, 1.82) is 0 Å². The van der Waals surface area contributed by atoms with Gasteiger partial charge in [-0.05, 0) is 57.3 Å². The molecule has 0 bridgehead atoms. The Hall–Kier alpha value is -1.53. The highest BCUT2D eigenvalue weighted by molar-refractivity contribution is 5.79. The van der Waals surface area contributed by atoms with Crippen molar-refractivity contribution >= 4 is 5.96 Å². The molecule has 27 heavy (non-hydrogen) atoms. The van der Waals surface area contributed by atoms with Gasteiger partial charge in [0, 0.05) is 26.7 Å². The van der Waals surface area contributed by atoms with Crippen LogP contribution in [0.3, 0.4) is 0 Å². The second-order valence-corrected chi connectivity index (χ2v) is 7.64. The summed E-state index contributed by atoms with van der Waals surface area (Å²) in [6.45, 7) is 4.78. The van der Waals surface area contributed by atoms with E-state index in [1.54, 1.807) is 6.26 Å². The lowest BCUT2D eigenvalue weighted by Gasteiger charge is -2.26. The Kier molecular flexibility index (Phi) is 8.49. The lowest BCUT2D eigenvalue weighted by molar-refractivity contribution is 0.0277. The first-order chi connectivity index (χ1) is 13.4. The van der Waals surface area contributed by atoms with Crippen LogP contribution in [0.1, 0.15) is 63.2 Å². The molecule has 0 radical (unpaired) electrons. The van der Waals surface area contributed by atoms with E-state index in [2.05, 4.69) is 26.6 Å². The maximum atomic E-state index is 5.99. The topological polar surface area (TPSA) is 62.0 Å². The Morgan fingerprint density at radius 3 is 2.74 bits per heavy atom. The standard InChI is InChI=1S/C21H36N4O2/c1-22-21(23-12-8-16-26-18-9-3-2-4-10-18)24-17-19(20-11-7-15-27-20)25-13-5-6-14-25/h7,11,15,18-19H,2-6,8-10,12-14,16-17H2,1H3,(H2,22,23,24). The highest BCUT2D eigenvalue weighted by Gasteiger charge is 2.25. The molecule has 1 saturated carbocycles. The van der Waals surface area contributed by atoms with E-state index in [0.29, 0.717) is 6.10 Å². The molecule has 1 unspecified atom stereocenters. The third-order valence-corrected chi connectivity index (χ3v) is 5.66. The molecule has 152 valence electrons. The number of hydrogen-bond acceptors (Lipinski definition) is 4. The quantitative estimate of drug-likeness (QED) is 0.393. The van der Waals surface area contributed by atoms with E-state index < -0.39 is 0 Å². The Labute approximate surface area is 163 Å². The lowest BCUT2D eigenvalue weighted by Crippen LogP contribution is -2.43. The molecular formula is C21H36N4O2. The van der Waals surface area contributed by atoms with Gasteiger partial charge in [-0.15, -0.1) is 0 Å². The minimum Gasteiger partial charge on any atom is -0.468 e. The largest absolute Gasteiger partial charge is 0.468 e. The monoisotopic (exact) mass is 376 g/mol. The molecule has 0 amide bonds. The van der Waals surface area contributed by atoms with Crippen molar-refractivity contribution in [1.82, 2.24) is 15.5 Å². The highest BCUT2D eigenvalue weighted by atomic mass is 16.5.